The Morgan fingerprint density at radius 1 is 1.04 bits per heavy atom. The molecule has 1 atom stereocenters. The van der Waals surface area contributed by atoms with Crippen molar-refractivity contribution in [3.05, 3.63) is 65.9 Å². The van der Waals surface area contributed by atoms with Crippen molar-refractivity contribution in [2.24, 2.45) is 0 Å². The van der Waals surface area contributed by atoms with Crippen molar-refractivity contribution in [1.29, 1.82) is 0 Å². The van der Waals surface area contributed by atoms with Crippen LogP contribution in [0.2, 0.25) is 0 Å². The SMILES string of the molecule is Nc1ccc2c(NC3CCCc4ccccc4C3)nccc2c1. The molecule has 3 nitrogen and oxygen atoms in total. The fourth-order valence-corrected chi connectivity index (χ4v) is 3.53. The van der Waals surface area contributed by atoms with E-state index in [4.69, 9.17) is 5.73 Å². The van der Waals surface area contributed by atoms with E-state index in [0.29, 0.717) is 6.04 Å². The number of rotatable bonds is 2. The summed E-state index contributed by atoms with van der Waals surface area (Å²) >= 11 is 0. The average molecular weight is 303 g/mol. The van der Waals surface area contributed by atoms with Gasteiger partial charge >= 0.3 is 0 Å². The normalized spacial score (nSPS) is 17.5. The smallest absolute Gasteiger partial charge is 0.134 e. The molecule has 1 aromatic heterocycles. The topological polar surface area (TPSA) is 50.9 Å². The largest absolute Gasteiger partial charge is 0.399 e. The van der Waals surface area contributed by atoms with Crippen LogP contribution >= 0.6 is 0 Å². The average Bonchev–Trinajstić information content (AvgIpc) is 2.76. The highest BCUT2D eigenvalue weighted by Gasteiger charge is 2.17. The van der Waals surface area contributed by atoms with Crippen LogP contribution in [-0.4, -0.2) is 11.0 Å². The standard InChI is InChI=1S/C20H21N3/c21-17-8-9-19-16(12-17)10-11-22-20(19)23-18-7-3-6-14-4-1-2-5-15(14)13-18/h1-2,4-5,8-12,18H,3,6-7,13,21H2,(H,22,23). The van der Waals surface area contributed by atoms with Crippen LogP contribution in [0, 0.1) is 0 Å². The maximum Gasteiger partial charge on any atom is 0.134 e. The van der Waals surface area contributed by atoms with Gasteiger partial charge in [0.1, 0.15) is 5.82 Å². The molecular formula is C20H21N3. The highest BCUT2D eigenvalue weighted by Crippen LogP contribution is 2.27. The Balaban J connectivity index is 1.63. The molecule has 0 saturated heterocycles. The lowest BCUT2D eigenvalue weighted by molar-refractivity contribution is 0.636. The summed E-state index contributed by atoms with van der Waals surface area (Å²) in [6.45, 7) is 0. The van der Waals surface area contributed by atoms with E-state index in [-0.39, 0.29) is 0 Å². The number of benzene rings is 2. The molecule has 23 heavy (non-hydrogen) atoms. The molecule has 3 N–H and O–H groups in total. The van der Waals surface area contributed by atoms with Crippen LogP contribution in [0.3, 0.4) is 0 Å². The zero-order valence-corrected chi connectivity index (χ0v) is 13.1. The minimum absolute atomic E-state index is 0.425. The fraction of sp³-hybridized carbons (Fsp3) is 0.250. The Bertz CT molecular complexity index is 841. The molecule has 0 radical (unpaired) electrons. The summed E-state index contributed by atoms with van der Waals surface area (Å²) < 4.78 is 0. The van der Waals surface area contributed by atoms with Crippen LogP contribution in [0.5, 0.6) is 0 Å². The zero-order chi connectivity index (χ0) is 15.6. The number of hydrogen-bond donors (Lipinski definition) is 2. The number of nitrogen functional groups attached to an aromatic ring is 1. The first-order chi connectivity index (χ1) is 11.3. The number of pyridine rings is 1. The number of nitrogens with two attached hydrogens (primary N) is 1. The second-order valence-electron chi connectivity index (χ2n) is 6.35. The highest BCUT2D eigenvalue weighted by molar-refractivity contribution is 5.93. The van der Waals surface area contributed by atoms with E-state index in [1.165, 1.54) is 30.4 Å². The van der Waals surface area contributed by atoms with Gasteiger partial charge in [0.15, 0.2) is 0 Å². The third kappa shape index (κ3) is 2.87. The summed E-state index contributed by atoms with van der Waals surface area (Å²) in [6.07, 6.45) is 6.47. The van der Waals surface area contributed by atoms with E-state index in [1.54, 1.807) is 0 Å². The van der Waals surface area contributed by atoms with Gasteiger partial charge in [-0.25, -0.2) is 4.98 Å². The molecule has 0 saturated carbocycles. The summed E-state index contributed by atoms with van der Waals surface area (Å²) in [6, 6.07) is 17.2. The maximum absolute atomic E-state index is 5.89. The quantitative estimate of drug-likeness (QED) is 0.551. The summed E-state index contributed by atoms with van der Waals surface area (Å²) in [4.78, 5) is 4.57. The first-order valence-corrected chi connectivity index (χ1v) is 8.27. The van der Waals surface area contributed by atoms with Crippen molar-refractivity contribution >= 4 is 22.3 Å². The van der Waals surface area contributed by atoms with Crippen molar-refractivity contribution in [2.75, 3.05) is 11.1 Å². The molecule has 1 unspecified atom stereocenters. The van der Waals surface area contributed by atoms with Crippen LogP contribution < -0.4 is 11.1 Å². The van der Waals surface area contributed by atoms with E-state index in [1.807, 2.05) is 24.4 Å². The number of aromatic nitrogens is 1. The molecule has 1 aliphatic carbocycles. The molecule has 0 fully saturated rings. The van der Waals surface area contributed by atoms with Crippen LogP contribution in [0.1, 0.15) is 24.0 Å². The van der Waals surface area contributed by atoms with E-state index in [0.717, 1.165) is 28.7 Å². The second kappa shape index (κ2) is 5.92. The lowest BCUT2D eigenvalue weighted by atomic mass is 10.0. The molecule has 0 aliphatic heterocycles. The van der Waals surface area contributed by atoms with Gasteiger partial charge in [-0.05, 0) is 66.5 Å². The third-order valence-corrected chi connectivity index (χ3v) is 4.71. The van der Waals surface area contributed by atoms with E-state index in [9.17, 15) is 0 Å². The van der Waals surface area contributed by atoms with E-state index >= 15 is 0 Å². The molecule has 1 aliphatic rings. The summed E-state index contributed by atoms with van der Waals surface area (Å²) in [5.41, 5.74) is 9.64. The van der Waals surface area contributed by atoms with Gasteiger partial charge < -0.3 is 11.1 Å². The molecule has 1 heterocycles. The summed E-state index contributed by atoms with van der Waals surface area (Å²) in [5.74, 6) is 0.965. The number of anilines is 2. The first-order valence-electron chi connectivity index (χ1n) is 8.27. The van der Waals surface area contributed by atoms with E-state index < -0.39 is 0 Å². The summed E-state index contributed by atoms with van der Waals surface area (Å²) in [7, 11) is 0. The minimum atomic E-state index is 0.425. The molecule has 2 aromatic carbocycles. The van der Waals surface area contributed by atoms with Crippen LogP contribution in [0.4, 0.5) is 11.5 Å². The first kappa shape index (κ1) is 14.1. The van der Waals surface area contributed by atoms with Crippen LogP contribution in [-0.2, 0) is 12.8 Å². The Kier molecular flexibility index (Phi) is 3.62. The Morgan fingerprint density at radius 3 is 2.83 bits per heavy atom. The highest BCUT2D eigenvalue weighted by atomic mass is 15.0. The summed E-state index contributed by atoms with van der Waals surface area (Å²) in [5, 5.41) is 5.95. The van der Waals surface area contributed by atoms with Crippen LogP contribution in [0.25, 0.3) is 10.8 Å². The van der Waals surface area contributed by atoms with Gasteiger partial charge in [-0.3, -0.25) is 0 Å². The van der Waals surface area contributed by atoms with Crippen molar-refractivity contribution in [3.63, 3.8) is 0 Å². The lowest BCUT2D eigenvalue weighted by Crippen LogP contribution is -2.22. The van der Waals surface area contributed by atoms with Crippen molar-refractivity contribution in [2.45, 2.75) is 31.7 Å². The minimum Gasteiger partial charge on any atom is -0.399 e. The van der Waals surface area contributed by atoms with Crippen molar-refractivity contribution < 1.29 is 0 Å². The van der Waals surface area contributed by atoms with Gasteiger partial charge in [0.2, 0.25) is 0 Å². The van der Waals surface area contributed by atoms with Crippen molar-refractivity contribution in [3.8, 4) is 0 Å². The van der Waals surface area contributed by atoms with Crippen LogP contribution in [0.15, 0.2) is 54.7 Å². The Hall–Kier alpha value is -2.55. The van der Waals surface area contributed by atoms with E-state index in [2.05, 4.69) is 40.6 Å². The number of aryl methyl sites for hydroxylation is 1. The molecule has 3 heteroatoms. The number of hydrogen-bond acceptors (Lipinski definition) is 3. The number of fused-ring (bicyclic) bond motifs is 2. The second-order valence-corrected chi connectivity index (χ2v) is 6.35. The molecule has 116 valence electrons. The fourth-order valence-electron chi connectivity index (χ4n) is 3.53. The lowest BCUT2D eigenvalue weighted by Gasteiger charge is -2.19. The van der Waals surface area contributed by atoms with Gasteiger partial charge in [0, 0.05) is 23.3 Å². The number of nitrogens with zero attached hydrogens (tertiary/aromatic N) is 1. The predicted molar refractivity (Wildman–Crippen MR) is 96.7 cm³/mol. The zero-order valence-electron chi connectivity index (χ0n) is 13.1. The molecule has 0 amide bonds. The van der Waals surface area contributed by atoms with Gasteiger partial charge in [-0.2, -0.15) is 0 Å². The molecule has 0 spiro atoms. The Labute approximate surface area is 136 Å². The number of nitrogens with one attached hydrogen (secondary N) is 1. The molecular weight excluding hydrogens is 282 g/mol. The molecule has 4 rings (SSSR count). The van der Waals surface area contributed by atoms with Gasteiger partial charge in [0.25, 0.3) is 0 Å². The van der Waals surface area contributed by atoms with Gasteiger partial charge in [-0.1, -0.05) is 24.3 Å². The monoisotopic (exact) mass is 303 g/mol. The van der Waals surface area contributed by atoms with Gasteiger partial charge in [0.05, 0.1) is 0 Å². The Morgan fingerprint density at radius 2 is 1.91 bits per heavy atom. The van der Waals surface area contributed by atoms with Crippen molar-refractivity contribution in [1.82, 2.24) is 4.98 Å². The van der Waals surface area contributed by atoms with Gasteiger partial charge in [-0.15, -0.1) is 0 Å². The molecule has 0 bridgehead atoms. The third-order valence-electron chi connectivity index (χ3n) is 4.71. The predicted octanol–water partition coefficient (Wildman–Crippen LogP) is 4.18. The molecule has 3 aromatic rings. The maximum atomic E-state index is 5.89.